The Morgan fingerprint density at radius 1 is 1.35 bits per heavy atom. The van der Waals surface area contributed by atoms with Crippen LogP contribution in [0.3, 0.4) is 0 Å². The zero-order valence-corrected chi connectivity index (χ0v) is 15.8. The molecule has 0 radical (unpaired) electrons. The maximum Gasteiger partial charge on any atom is 0.291 e. The molecule has 2 amide bonds. The number of likely N-dealkylation sites (tertiary alicyclic amines) is 1. The molecule has 0 saturated carbocycles. The number of hydrogen-bond acceptors (Lipinski definition) is 4. The summed E-state index contributed by atoms with van der Waals surface area (Å²) in [6.07, 6.45) is 2.35. The highest BCUT2D eigenvalue weighted by Gasteiger charge is 2.35. The molecule has 26 heavy (non-hydrogen) atoms. The summed E-state index contributed by atoms with van der Waals surface area (Å²) < 4.78 is 5.10. The third-order valence-electron chi connectivity index (χ3n) is 4.82. The summed E-state index contributed by atoms with van der Waals surface area (Å²) >= 11 is 0. The van der Waals surface area contributed by atoms with Gasteiger partial charge in [-0.15, -0.1) is 12.4 Å². The summed E-state index contributed by atoms with van der Waals surface area (Å²) in [6, 6.07) is 8.60. The van der Waals surface area contributed by atoms with Gasteiger partial charge in [-0.3, -0.25) is 9.59 Å². The predicted molar refractivity (Wildman–Crippen MR) is 103 cm³/mol. The van der Waals surface area contributed by atoms with Crippen molar-refractivity contribution in [3.05, 3.63) is 53.5 Å². The number of nitrogens with two attached hydrogens (primary N) is 1. The fourth-order valence-corrected chi connectivity index (χ4v) is 3.03. The summed E-state index contributed by atoms with van der Waals surface area (Å²) in [5, 5.41) is 2.80. The standard InChI is InChI=1S/C19H23N3O3.ClH/c1-13-5-6-14(18(24)22-8-7-19(2,11-20)12-22)10-15(13)21-17(23)16-4-3-9-25-16;/h3-6,9-10H,7-8,11-12,20H2,1-2H3,(H,21,23);1H. The zero-order chi connectivity index (χ0) is 18.0. The Hall–Kier alpha value is -2.31. The van der Waals surface area contributed by atoms with Gasteiger partial charge in [0.2, 0.25) is 0 Å². The van der Waals surface area contributed by atoms with E-state index in [0.29, 0.717) is 30.9 Å². The number of amides is 2. The number of rotatable bonds is 4. The molecule has 1 aliphatic rings. The lowest BCUT2D eigenvalue weighted by Crippen LogP contribution is -2.34. The first-order valence-corrected chi connectivity index (χ1v) is 8.37. The van der Waals surface area contributed by atoms with Crippen molar-refractivity contribution < 1.29 is 14.0 Å². The predicted octanol–water partition coefficient (Wildman–Crippen LogP) is 3.07. The average molecular weight is 378 g/mol. The number of benzene rings is 1. The molecule has 140 valence electrons. The van der Waals surface area contributed by atoms with Crippen LogP contribution < -0.4 is 11.1 Å². The highest BCUT2D eigenvalue weighted by molar-refractivity contribution is 6.04. The molecule has 3 N–H and O–H groups in total. The molecule has 0 aliphatic carbocycles. The third-order valence-corrected chi connectivity index (χ3v) is 4.82. The molecule has 1 saturated heterocycles. The van der Waals surface area contributed by atoms with Crippen molar-refractivity contribution in [1.29, 1.82) is 0 Å². The first-order valence-electron chi connectivity index (χ1n) is 8.37. The smallest absolute Gasteiger partial charge is 0.291 e. The first kappa shape index (κ1) is 20.0. The topological polar surface area (TPSA) is 88.6 Å². The van der Waals surface area contributed by atoms with Crippen LogP contribution >= 0.6 is 12.4 Å². The Kier molecular flexibility index (Phi) is 6.10. The fraction of sp³-hybridized carbons (Fsp3) is 0.368. The van der Waals surface area contributed by atoms with E-state index in [2.05, 4.69) is 12.2 Å². The van der Waals surface area contributed by atoms with Crippen LogP contribution in [0.25, 0.3) is 0 Å². The molecule has 6 nitrogen and oxygen atoms in total. The molecule has 0 spiro atoms. The van der Waals surface area contributed by atoms with Crippen LogP contribution in [0.5, 0.6) is 0 Å². The van der Waals surface area contributed by atoms with Crippen LogP contribution in [0.2, 0.25) is 0 Å². The summed E-state index contributed by atoms with van der Waals surface area (Å²) in [5.74, 6) is -0.144. The van der Waals surface area contributed by atoms with E-state index in [1.165, 1.54) is 6.26 Å². The maximum absolute atomic E-state index is 12.8. The Morgan fingerprint density at radius 3 is 2.73 bits per heavy atom. The van der Waals surface area contributed by atoms with Crippen LogP contribution in [0.1, 0.15) is 39.8 Å². The van der Waals surface area contributed by atoms with Crippen LogP contribution in [0.4, 0.5) is 5.69 Å². The second-order valence-corrected chi connectivity index (χ2v) is 6.95. The van der Waals surface area contributed by atoms with Crippen molar-refractivity contribution in [2.24, 2.45) is 11.1 Å². The normalized spacial score (nSPS) is 19.1. The Morgan fingerprint density at radius 2 is 2.12 bits per heavy atom. The molecule has 1 aromatic heterocycles. The third kappa shape index (κ3) is 4.08. The molecule has 7 heteroatoms. The lowest BCUT2D eigenvalue weighted by molar-refractivity contribution is 0.0776. The van der Waals surface area contributed by atoms with Gasteiger partial charge in [0.25, 0.3) is 11.8 Å². The van der Waals surface area contributed by atoms with Gasteiger partial charge in [-0.1, -0.05) is 13.0 Å². The van der Waals surface area contributed by atoms with E-state index in [1.807, 2.05) is 17.9 Å². The van der Waals surface area contributed by atoms with Gasteiger partial charge >= 0.3 is 0 Å². The summed E-state index contributed by atoms with van der Waals surface area (Å²) in [4.78, 5) is 26.8. The van der Waals surface area contributed by atoms with Crippen LogP contribution in [0.15, 0.2) is 41.0 Å². The molecule has 1 aromatic carbocycles. The number of carbonyl (C=O) groups excluding carboxylic acids is 2. The number of nitrogens with one attached hydrogen (secondary N) is 1. The highest BCUT2D eigenvalue weighted by atomic mass is 35.5. The number of halogens is 1. The number of hydrogen-bond donors (Lipinski definition) is 2. The summed E-state index contributed by atoms with van der Waals surface area (Å²) in [7, 11) is 0. The lowest BCUT2D eigenvalue weighted by Gasteiger charge is -2.23. The zero-order valence-electron chi connectivity index (χ0n) is 15.0. The van der Waals surface area contributed by atoms with E-state index in [9.17, 15) is 9.59 Å². The van der Waals surface area contributed by atoms with Crippen molar-refractivity contribution in [2.75, 3.05) is 25.0 Å². The van der Waals surface area contributed by atoms with Gasteiger partial charge in [0.15, 0.2) is 5.76 Å². The number of furan rings is 1. The molecule has 3 rings (SSSR count). The maximum atomic E-state index is 12.8. The molecule has 2 aromatic rings. The number of nitrogens with zero attached hydrogens (tertiary/aromatic N) is 1. The molecule has 1 aliphatic heterocycles. The Labute approximate surface area is 159 Å². The fourth-order valence-electron chi connectivity index (χ4n) is 3.03. The number of anilines is 1. The van der Waals surface area contributed by atoms with Gasteiger partial charge < -0.3 is 20.4 Å². The van der Waals surface area contributed by atoms with Crippen molar-refractivity contribution >= 4 is 29.9 Å². The summed E-state index contributed by atoms with van der Waals surface area (Å²) in [6.45, 7) is 5.91. The van der Waals surface area contributed by atoms with Crippen LogP contribution in [-0.4, -0.2) is 36.3 Å². The van der Waals surface area contributed by atoms with E-state index in [0.717, 1.165) is 12.0 Å². The molecule has 1 unspecified atom stereocenters. The van der Waals surface area contributed by atoms with Crippen molar-refractivity contribution in [2.45, 2.75) is 20.3 Å². The van der Waals surface area contributed by atoms with Gasteiger partial charge in [0, 0.05) is 24.3 Å². The minimum atomic E-state index is -0.338. The molecule has 2 heterocycles. The molecule has 1 fully saturated rings. The monoisotopic (exact) mass is 377 g/mol. The van der Waals surface area contributed by atoms with E-state index in [4.69, 9.17) is 10.2 Å². The van der Waals surface area contributed by atoms with E-state index < -0.39 is 0 Å². The van der Waals surface area contributed by atoms with Gasteiger partial charge in [0.05, 0.1) is 6.26 Å². The quantitative estimate of drug-likeness (QED) is 0.856. The van der Waals surface area contributed by atoms with Crippen LogP contribution in [-0.2, 0) is 0 Å². The Balaban J connectivity index is 0.00000243. The van der Waals surface area contributed by atoms with Crippen molar-refractivity contribution in [3.63, 3.8) is 0 Å². The van der Waals surface area contributed by atoms with Gasteiger partial charge in [0.1, 0.15) is 0 Å². The van der Waals surface area contributed by atoms with Crippen LogP contribution in [0, 0.1) is 12.3 Å². The number of aryl methyl sites for hydroxylation is 1. The molecular weight excluding hydrogens is 354 g/mol. The van der Waals surface area contributed by atoms with Gasteiger partial charge in [-0.2, -0.15) is 0 Å². The lowest BCUT2D eigenvalue weighted by atomic mass is 9.90. The van der Waals surface area contributed by atoms with Gasteiger partial charge in [-0.25, -0.2) is 0 Å². The summed E-state index contributed by atoms with van der Waals surface area (Å²) in [5.41, 5.74) is 7.84. The molecule has 0 bridgehead atoms. The SMILES string of the molecule is Cc1ccc(C(=O)N2CCC(C)(CN)C2)cc1NC(=O)c1ccco1.Cl. The van der Waals surface area contributed by atoms with Gasteiger partial charge in [-0.05, 0) is 55.1 Å². The molecule has 1 atom stereocenters. The minimum absolute atomic E-state index is 0. The second-order valence-electron chi connectivity index (χ2n) is 6.95. The van der Waals surface area contributed by atoms with Crippen molar-refractivity contribution in [1.82, 2.24) is 4.90 Å². The van der Waals surface area contributed by atoms with E-state index in [-0.39, 0.29) is 35.4 Å². The first-order chi connectivity index (χ1) is 11.9. The largest absolute Gasteiger partial charge is 0.459 e. The average Bonchev–Trinajstić information content (AvgIpc) is 3.26. The number of carbonyl (C=O) groups is 2. The molecular formula is C19H24ClN3O3. The van der Waals surface area contributed by atoms with Crippen molar-refractivity contribution in [3.8, 4) is 0 Å². The Bertz CT molecular complexity index is 791. The van der Waals surface area contributed by atoms with E-state index >= 15 is 0 Å². The highest BCUT2D eigenvalue weighted by Crippen LogP contribution is 2.30. The minimum Gasteiger partial charge on any atom is -0.459 e. The second kappa shape index (κ2) is 7.93. The van der Waals surface area contributed by atoms with E-state index in [1.54, 1.807) is 24.3 Å².